The largest absolute Gasteiger partial charge is 0.0847 e. The molecule has 2 rings (SSSR count). The molecule has 0 radical (unpaired) electrons. The highest BCUT2D eigenvalue weighted by Crippen LogP contribution is 2.50. The molecular weight excluding hydrogens is 192 g/mol. The van der Waals surface area contributed by atoms with Gasteiger partial charge in [0.05, 0.1) is 0 Å². The Balaban J connectivity index is 2.14. The van der Waals surface area contributed by atoms with E-state index in [4.69, 9.17) is 0 Å². The molecule has 3 atom stereocenters. The molecule has 0 saturated carbocycles. The number of rotatable bonds is 1. The third kappa shape index (κ3) is 1.99. The van der Waals surface area contributed by atoms with E-state index in [9.17, 15) is 0 Å². The van der Waals surface area contributed by atoms with E-state index in [0.29, 0.717) is 5.41 Å². The summed E-state index contributed by atoms with van der Waals surface area (Å²) < 4.78 is 0. The molecular formula is C16H26. The second-order valence-corrected chi connectivity index (χ2v) is 6.64. The number of hydrogen-bond donors (Lipinski definition) is 0. The van der Waals surface area contributed by atoms with Crippen molar-refractivity contribution in [1.29, 1.82) is 0 Å². The van der Waals surface area contributed by atoms with Gasteiger partial charge in [-0.05, 0) is 56.3 Å². The first kappa shape index (κ1) is 12.0. The van der Waals surface area contributed by atoms with Crippen LogP contribution in [-0.2, 0) is 0 Å². The molecule has 90 valence electrons. The van der Waals surface area contributed by atoms with Gasteiger partial charge in [0.1, 0.15) is 0 Å². The first-order valence-corrected chi connectivity index (χ1v) is 6.75. The normalized spacial score (nSPS) is 38.2. The Morgan fingerprint density at radius 2 is 1.94 bits per heavy atom. The van der Waals surface area contributed by atoms with Crippen LogP contribution in [0.5, 0.6) is 0 Å². The summed E-state index contributed by atoms with van der Waals surface area (Å²) >= 11 is 0. The molecule has 0 heteroatoms. The van der Waals surface area contributed by atoms with Crippen LogP contribution in [0.15, 0.2) is 23.3 Å². The van der Waals surface area contributed by atoms with Gasteiger partial charge in [-0.1, -0.05) is 44.1 Å². The maximum Gasteiger partial charge on any atom is -0.0113 e. The maximum atomic E-state index is 2.48. The maximum absolute atomic E-state index is 2.48. The Kier molecular flexibility index (Phi) is 3.03. The fourth-order valence-corrected chi connectivity index (χ4v) is 3.84. The molecule has 0 bridgehead atoms. The van der Waals surface area contributed by atoms with Crippen molar-refractivity contribution in [2.45, 2.75) is 53.9 Å². The molecule has 0 aromatic rings. The molecule has 2 aliphatic rings. The Bertz CT molecular complexity index is 330. The van der Waals surface area contributed by atoms with Gasteiger partial charge < -0.3 is 0 Å². The zero-order chi connectivity index (χ0) is 11.9. The van der Waals surface area contributed by atoms with Gasteiger partial charge in [-0.2, -0.15) is 0 Å². The van der Waals surface area contributed by atoms with Gasteiger partial charge in [0.25, 0.3) is 0 Å². The summed E-state index contributed by atoms with van der Waals surface area (Å²) in [6, 6.07) is 0. The van der Waals surface area contributed by atoms with Gasteiger partial charge in [-0.25, -0.2) is 0 Å². The molecule has 0 saturated heterocycles. The zero-order valence-electron chi connectivity index (χ0n) is 11.5. The van der Waals surface area contributed by atoms with Crippen LogP contribution in [0.2, 0.25) is 0 Å². The molecule has 16 heavy (non-hydrogen) atoms. The fourth-order valence-electron chi connectivity index (χ4n) is 3.84. The fraction of sp³-hybridized carbons (Fsp3) is 0.750. The standard InChI is InChI=1S/C16H26/c1-11-8-12(2)10-14(9-11)15-7-6-13(3)16(15,4)5/h6,8,11,14-15H,7,9-10H2,1-5H3. The highest BCUT2D eigenvalue weighted by atomic mass is 14.4. The predicted molar refractivity (Wildman–Crippen MR) is 71.3 cm³/mol. The lowest BCUT2D eigenvalue weighted by Crippen LogP contribution is -2.30. The molecule has 0 amide bonds. The van der Waals surface area contributed by atoms with Crippen molar-refractivity contribution in [3.8, 4) is 0 Å². The van der Waals surface area contributed by atoms with Gasteiger partial charge in [0.2, 0.25) is 0 Å². The molecule has 0 nitrogen and oxygen atoms in total. The van der Waals surface area contributed by atoms with Crippen molar-refractivity contribution in [3.05, 3.63) is 23.3 Å². The SMILES string of the molecule is CC1=CC(C)CC(C2CC=C(C)C2(C)C)C1. The molecule has 0 aliphatic heterocycles. The van der Waals surface area contributed by atoms with Crippen LogP contribution in [0.1, 0.15) is 53.9 Å². The Labute approximate surface area is 101 Å². The third-order valence-electron chi connectivity index (χ3n) is 5.02. The van der Waals surface area contributed by atoms with Crippen LogP contribution >= 0.6 is 0 Å². The van der Waals surface area contributed by atoms with Gasteiger partial charge in [-0.3, -0.25) is 0 Å². The van der Waals surface area contributed by atoms with Crippen LogP contribution in [0.25, 0.3) is 0 Å². The highest BCUT2D eigenvalue weighted by molar-refractivity contribution is 5.20. The van der Waals surface area contributed by atoms with Crippen LogP contribution < -0.4 is 0 Å². The zero-order valence-corrected chi connectivity index (χ0v) is 11.5. The third-order valence-corrected chi connectivity index (χ3v) is 5.02. The van der Waals surface area contributed by atoms with E-state index in [1.54, 1.807) is 11.1 Å². The minimum Gasteiger partial charge on any atom is -0.0847 e. The van der Waals surface area contributed by atoms with Gasteiger partial charge in [0, 0.05) is 0 Å². The predicted octanol–water partition coefficient (Wildman–Crippen LogP) is 4.97. The molecule has 0 spiro atoms. The average molecular weight is 218 g/mol. The molecule has 0 N–H and O–H groups in total. The van der Waals surface area contributed by atoms with E-state index in [0.717, 1.165) is 17.8 Å². The van der Waals surface area contributed by atoms with Crippen molar-refractivity contribution in [1.82, 2.24) is 0 Å². The topological polar surface area (TPSA) is 0 Å². The molecule has 2 aliphatic carbocycles. The first-order chi connectivity index (χ1) is 7.41. The summed E-state index contributed by atoms with van der Waals surface area (Å²) in [6.07, 6.45) is 8.98. The quantitative estimate of drug-likeness (QED) is 0.545. The summed E-state index contributed by atoms with van der Waals surface area (Å²) in [5, 5.41) is 0. The van der Waals surface area contributed by atoms with Crippen molar-refractivity contribution in [2.24, 2.45) is 23.2 Å². The van der Waals surface area contributed by atoms with Crippen LogP contribution in [0.4, 0.5) is 0 Å². The first-order valence-electron chi connectivity index (χ1n) is 6.75. The minimum atomic E-state index is 0.433. The average Bonchev–Trinajstić information content (AvgIpc) is 2.40. The molecule has 0 fully saturated rings. The Morgan fingerprint density at radius 3 is 2.44 bits per heavy atom. The van der Waals surface area contributed by atoms with Gasteiger partial charge in [0.15, 0.2) is 0 Å². The van der Waals surface area contributed by atoms with Crippen molar-refractivity contribution >= 4 is 0 Å². The van der Waals surface area contributed by atoms with E-state index >= 15 is 0 Å². The van der Waals surface area contributed by atoms with Crippen LogP contribution in [0, 0.1) is 23.2 Å². The lowest BCUT2D eigenvalue weighted by atomic mass is 9.66. The van der Waals surface area contributed by atoms with Crippen LogP contribution in [0.3, 0.4) is 0 Å². The second-order valence-electron chi connectivity index (χ2n) is 6.64. The van der Waals surface area contributed by atoms with E-state index in [-0.39, 0.29) is 0 Å². The summed E-state index contributed by atoms with van der Waals surface area (Å²) in [4.78, 5) is 0. The van der Waals surface area contributed by atoms with E-state index in [2.05, 4.69) is 46.8 Å². The summed E-state index contributed by atoms with van der Waals surface area (Å²) in [5.41, 5.74) is 3.66. The highest BCUT2D eigenvalue weighted by Gasteiger charge is 2.40. The van der Waals surface area contributed by atoms with E-state index in [1.807, 2.05) is 0 Å². The molecule has 3 unspecified atom stereocenters. The Hall–Kier alpha value is -0.520. The Morgan fingerprint density at radius 1 is 1.25 bits per heavy atom. The minimum absolute atomic E-state index is 0.433. The smallest absolute Gasteiger partial charge is 0.0113 e. The van der Waals surface area contributed by atoms with Crippen LogP contribution in [-0.4, -0.2) is 0 Å². The summed E-state index contributed by atoms with van der Waals surface area (Å²) in [7, 11) is 0. The molecule has 0 aromatic carbocycles. The number of hydrogen-bond acceptors (Lipinski definition) is 0. The van der Waals surface area contributed by atoms with Crippen molar-refractivity contribution in [3.63, 3.8) is 0 Å². The van der Waals surface area contributed by atoms with Gasteiger partial charge >= 0.3 is 0 Å². The van der Waals surface area contributed by atoms with Crippen molar-refractivity contribution in [2.75, 3.05) is 0 Å². The summed E-state index contributed by atoms with van der Waals surface area (Å²) in [6.45, 7) is 11.9. The van der Waals surface area contributed by atoms with Crippen molar-refractivity contribution < 1.29 is 0 Å². The number of allylic oxidation sites excluding steroid dienone is 4. The van der Waals surface area contributed by atoms with E-state index in [1.165, 1.54) is 19.3 Å². The van der Waals surface area contributed by atoms with Gasteiger partial charge in [-0.15, -0.1) is 0 Å². The summed E-state index contributed by atoms with van der Waals surface area (Å²) in [5.74, 6) is 2.57. The van der Waals surface area contributed by atoms with E-state index < -0.39 is 0 Å². The lowest BCUT2D eigenvalue weighted by Gasteiger charge is -2.39. The second kappa shape index (κ2) is 4.05. The molecule has 0 aromatic heterocycles. The monoisotopic (exact) mass is 218 g/mol. The molecule has 0 heterocycles. The lowest BCUT2D eigenvalue weighted by molar-refractivity contribution is 0.169.